The number of fused-ring (bicyclic) bond motifs is 1. The minimum Gasteiger partial charge on any atom is -0.395 e. The van der Waals surface area contributed by atoms with Crippen LogP contribution in [-0.2, 0) is 0 Å². The molecule has 152 valence electrons. The summed E-state index contributed by atoms with van der Waals surface area (Å²) in [6.07, 6.45) is 11.7. The van der Waals surface area contributed by atoms with Crippen LogP contribution in [0, 0.1) is 6.92 Å². The van der Waals surface area contributed by atoms with Crippen LogP contribution in [0.5, 0.6) is 0 Å². The second-order valence-electron chi connectivity index (χ2n) is 8.14. The molecule has 29 heavy (non-hydrogen) atoms. The molecule has 1 aliphatic carbocycles. The molecule has 4 heteroatoms. The van der Waals surface area contributed by atoms with Gasteiger partial charge >= 0.3 is 0 Å². The predicted molar refractivity (Wildman–Crippen MR) is 121 cm³/mol. The maximum Gasteiger partial charge on any atom is 0.0708 e. The number of aliphatic hydroxyl groups is 1. The lowest BCUT2D eigenvalue weighted by atomic mass is 9.93. The maximum absolute atomic E-state index is 8.50. The van der Waals surface area contributed by atoms with E-state index in [9.17, 15) is 0 Å². The lowest BCUT2D eigenvalue weighted by Crippen LogP contribution is -2.24. The third-order valence-corrected chi connectivity index (χ3v) is 5.86. The van der Waals surface area contributed by atoms with Gasteiger partial charge < -0.3 is 15.4 Å². The summed E-state index contributed by atoms with van der Waals surface area (Å²) in [6, 6.07) is 13.5. The van der Waals surface area contributed by atoms with E-state index in [4.69, 9.17) is 5.11 Å². The van der Waals surface area contributed by atoms with Crippen LogP contribution in [0.1, 0.15) is 49.8 Å². The smallest absolute Gasteiger partial charge is 0.0708 e. The van der Waals surface area contributed by atoms with Gasteiger partial charge in [0.1, 0.15) is 0 Å². The van der Waals surface area contributed by atoms with Crippen LogP contribution in [0.3, 0.4) is 0 Å². The summed E-state index contributed by atoms with van der Waals surface area (Å²) in [5.41, 5.74) is 7.44. The van der Waals surface area contributed by atoms with Crippen LogP contribution in [0.25, 0.3) is 27.7 Å². The largest absolute Gasteiger partial charge is 0.395 e. The molecule has 0 amide bonds. The lowest BCUT2D eigenvalue weighted by Gasteiger charge is -2.13. The number of hydrogen-bond acceptors (Lipinski definition) is 3. The van der Waals surface area contributed by atoms with Gasteiger partial charge in [-0.25, -0.2) is 0 Å². The predicted octanol–water partition coefficient (Wildman–Crippen LogP) is 5.23. The highest BCUT2D eigenvalue weighted by atomic mass is 16.3. The van der Waals surface area contributed by atoms with Crippen molar-refractivity contribution in [1.29, 1.82) is 0 Å². The highest BCUT2D eigenvalue weighted by molar-refractivity contribution is 5.85. The average Bonchev–Trinajstić information content (AvgIpc) is 3.43. The first-order valence-corrected chi connectivity index (χ1v) is 10.8. The number of nitrogens with zero attached hydrogens (tertiary/aromatic N) is 1. The van der Waals surface area contributed by atoms with E-state index in [2.05, 4.69) is 64.7 Å². The third-order valence-electron chi connectivity index (χ3n) is 5.86. The molecule has 1 aliphatic heterocycles. The highest BCUT2D eigenvalue weighted by Crippen LogP contribution is 2.30. The Kier molecular flexibility index (Phi) is 6.43. The zero-order chi connectivity index (χ0) is 20.1. The second-order valence-corrected chi connectivity index (χ2v) is 8.14. The van der Waals surface area contributed by atoms with Crippen molar-refractivity contribution in [2.45, 2.75) is 51.5 Å². The Morgan fingerprint density at radius 3 is 2.72 bits per heavy atom. The SMILES string of the molecule is Cc1cc2cc(-c3cc(C4=CCCCC4)ccn3)ccc2[nH]1.OCC1CCCN1. The van der Waals surface area contributed by atoms with E-state index in [0.717, 1.165) is 18.7 Å². The van der Waals surface area contributed by atoms with Gasteiger partial charge in [-0.2, -0.15) is 0 Å². The van der Waals surface area contributed by atoms with Gasteiger partial charge in [0.2, 0.25) is 0 Å². The summed E-state index contributed by atoms with van der Waals surface area (Å²) < 4.78 is 0. The van der Waals surface area contributed by atoms with E-state index in [1.807, 2.05) is 6.20 Å². The fourth-order valence-corrected chi connectivity index (χ4v) is 4.24. The van der Waals surface area contributed by atoms with Gasteiger partial charge in [-0.05, 0) is 93.5 Å². The minimum absolute atomic E-state index is 0.306. The molecule has 2 aliphatic rings. The number of hydrogen-bond donors (Lipinski definition) is 3. The number of aryl methyl sites for hydroxylation is 1. The lowest BCUT2D eigenvalue weighted by molar-refractivity contribution is 0.255. The Morgan fingerprint density at radius 2 is 2.00 bits per heavy atom. The quantitative estimate of drug-likeness (QED) is 0.575. The molecule has 1 unspecified atom stereocenters. The summed E-state index contributed by atoms with van der Waals surface area (Å²) in [5, 5.41) is 12.9. The van der Waals surface area contributed by atoms with Crippen molar-refractivity contribution in [3.63, 3.8) is 0 Å². The molecule has 2 aromatic heterocycles. The fraction of sp³-hybridized carbons (Fsp3) is 0.400. The van der Waals surface area contributed by atoms with Crippen LogP contribution >= 0.6 is 0 Å². The first kappa shape index (κ1) is 19.9. The molecular formula is C25H31N3O. The molecule has 0 spiro atoms. The zero-order valence-electron chi connectivity index (χ0n) is 17.2. The monoisotopic (exact) mass is 389 g/mol. The van der Waals surface area contributed by atoms with Gasteiger partial charge in [0, 0.05) is 34.4 Å². The van der Waals surface area contributed by atoms with Crippen LogP contribution in [0.2, 0.25) is 0 Å². The normalized spacial score (nSPS) is 19.0. The maximum atomic E-state index is 8.50. The Hall–Kier alpha value is -2.43. The Labute approximate surface area is 173 Å². The third kappa shape index (κ3) is 4.95. The van der Waals surface area contributed by atoms with Crippen LogP contribution in [0.4, 0.5) is 0 Å². The van der Waals surface area contributed by atoms with Crippen molar-refractivity contribution >= 4 is 16.5 Å². The van der Waals surface area contributed by atoms with E-state index >= 15 is 0 Å². The first-order chi connectivity index (χ1) is 14.2. The number of H-pyrrole nitrogens is 1. The Balaban J connectivity index is 0.000000249. The van der Waals surface area contributed by atoms with E-state index in [0.29, 0.717) is 12.6 Å². The number of pyridine rings is 1. The fourth-order valence-electron chi connectivity index (χ4n) is 4.24. The summed E-state index contributed by atoms with van der Waals surface area (Å²) in [7, 11) is 0. The van der Waals surface area contributed by atoms with E-state index in [1.165, 1.54) is 65.4 Å². The summed E-state index contributed by atoms with van der Waals surface area (Å²) in [6.45, 7) is 3.49. The highest BCUT2D eigenvalue weighted by Gasteiger charge is 2.11. The summed E-state index contributed by atoms with van der Waals surface area (Å²) in [4.78, 5) is 7.95. The molecule has 0 radical (unpaired) electrons. The van der Waals surface area contributed by atoms with Crippen LogP contribution in [-0.4, -0.2) is 34.3 Å². The topological polar surface area (TPSA) is 60.9 Å². The number of rotatable bonds is 3. The van der Waals surface area contributed by atoms with Gasteiger partial charge in [-0.15, -0.1) is 0 Å². The van der Waals surface area contributed by atoms with Crippen molar-refractivity contribution in [2.75, 3.05) is 13.2 Å². The van der Waals surface area contributed by atoms with E-state index in [-0.39, 0.29) is 0 Å². The van der Waals surface area contributed by atoms with Crippen LogP contribution < -0.4 is 5.32 Å². The van der Waals surface area contributed by atoms with Crippen molar-refractivity contribution in [2.24, 2.45) is 0 Å². The molecule has 0 bridgehead atoms. The van der Waals surface area contributed by atoms with Gasteiger partial charge in [0.25, 0.3) is 0 Å². The van der Waals surface area contributed by atoms with E-state index in [1.54, 1.807) is 0 Å². The molecule has 1 aromatic carbocycles. The Morgan fingerprint density at radius 1 is 1.07 bits per heavy atom. The number of allylic oxidation sites excluding steroid dienone is 2. The molecule has 1 fully saturated rings. The second kappa shape index (κ2) is 9.38. The van der Waals surface area contributed by atoms with Crippen molar-refractivity contribution < 1.29 is 5.11 Å². The molecule has 1 atom stereocenters. The summed E-state index contributed by atoms with van der Waals surface area (Å²) >= 11 is 0. The number of aromatic nitrogens is 2. The number of nitrogens with one attached hydrogen (secondary N) is 2. The van der Waals surface area contributed by atoms with Crippen LogP contribution in [0.15, 0.2) is 48.7 Å². The summed E-state index contributed by atoms with van der Waals surface area (Å²) in [5.74, 6) is 0. The molecule has 5 rings (SSSR count). The number of aromatic amines is 1. The Bertz CT molecular complexity index is 983. The molecule has 3 N–H and O–H groups in total. The van der Waals surface area contributed by atoms with Gasteiger partial charge in [-0.3, -0.25) is 4.98 Å². The molecule has 4 nitrogen and oxygen atoms in total. The molecule has 0 saturated carbocycles. The van der Waals surface area contributed by atoms with Gasteiger partial charge in [0.05, 0.1) is 12.3 Å². The van der Waals surface area contributed by atoms with Crippen molar-refractivity contribution in [3.8, 4) is 11.3 Å². The van der Waals surface area contributed by atoms with Crippen molar-refractivity contribution in [3.05, 3.63) is 59.9 Å². The minimum atomic E-state index is 0.306. The zero-order valence-corrected chi connectivity index (χ0v) is 17.2. The number of aliphatic hydroxyl groups excluding tert-OH is 1. The molecule has 3 aromatic rings. The molecular weight excluding hydrogens is 358 g/mol. The van der Waals surface area contributed by atoms with Gasteiger partial charge in [0.15, 0.2) is 0 Å². The van der Waals surface area contributed by atoms with Crippen molar-refractivity contribution in [1.82, 2.24) is 15.3 Å². The number of benzene rings is 1. The molecule has 1 saturated heterocycles. The molecule has 3 heterocycles. The van der Waals surface area contributed by atoms with E-state index < -0.39 is 0 Å². The first-order valence-electron chi connectivity index (χ1n) is 10.8. The van der Waals surface area contributed by atoms with Gasteiger partial charge in [-0.1, -0.05) is 12.1 Å². The average molecular weight is 390 g/mol. The standard InChI is InChI=1S/C20H20N2.C5H11NO/c1-14-11-18-12-17(7-8-19(18)22-14)20-13-16(9-10-21-20)15-5-3-2-4-6-15;7-4-5-2-1-3-6-5/h5,7-13,22H,2-4,6H2,1H3;5-7H,1-4H2.